The molecule has 0 bridgehead atoms. The third-order valence-electron chi connectivity index (χ3n) is 3.61. The van der Waals surface area contributed by atoms with Gasteiger partial charge in [0.25, 0.3) is 0 Å². The fourth-order valence-electron chi connectivity index (χ4n) is 2.36. The van der Waals surface area contributed by atoms with Crippen molar-refractivity contribution in [1.29, 1.82) is 0 Å². The zero-order valence-corrected chi connectivity index (χ0v) is 13.7. The summed E-state index contributed by atoms with van der Waals surface area (Å²) in [5.41, 5.74) is 4.80. The Bertz CT molecular complexity index is 753. The molecule has 118 valence electrons. The number of rotatable bonds is 6. The van der Waals surface area contributed by atoms with Crippen molar-refractivity contribution in [2.24, 2.45) is 0 Å². The molecule has 0 radical (unpaired) electrons. The Hall–Kier alpha value is -2.47. The van der Waals surface area contributed by atoms with Crippen LogP contribution in [0.1, 0.15) is 30.6 Å². The molecule has 2 heterocycles. The van der Waals surface area contributed by atoms with Crippen LogP contribution in [0.5, 0.6) is 0 Å². The van der Waals surface area contributed by atoms with Crippen LogP contribution in [0.2, 0.25) is 0 Å². The van der Waals surface area contributed by atoms with Crippen molar-refractivity contribution in [3.8, 4) is 5.69 Å². The Morgan fingerprint density at radius 2 is 2.30 bits per heavy atom. The molecule has 3 rings (SSSR count). The van der Waals surface area contributed by atoms with Crippen LogP contribution >= 0.6 is 11.3 Å². The summed E-state index contributed by atoms with van der Waals surface area (Å²) in [4.78, 5) is 16.3. The molecule has 1 N–H and O–H groups in total. The van der Waals surface area contributed by atoms with Crippen LogP contribution in [0.25, 0.3) is 5.69 Å². The van der Waals surface area contributed by atoms with Gasteiger partial charge in [-0.2, -0.15) is 5.10 Å². The van der Waals surface area contributed by atoms with E-state index in [0.29, 0.717) is 12.8 Å². The van der Waals surface area contributed by atoms with Crippen LogP contribution in [-0.2, 0) is 11.2 Å². The van der Waals surface area contributed by atoms with E-state index in [2.05, 4.69) is 15.4 Å². The quantitative estimate of drug-likeness (QED) is 0.757. The number of carbonyl (C=O) groups excluding carboxylic acids is 1. The van der Waals surface area contributed by atoms with Gasteiger partial charge in [0.1, 0.15) is 0 Å². The lowest BCUT2D eigenvalue weighted by molar-refractivity contribution is -0.121. The fraction of sp³-hybridized carbons (Fsp3) is 0.235. The Morgan fingerprint density at radius 1 is 1.39 bits per heavy atom. The lowest BCUT2D eigenvalue weighted by Crippen LogP contribution is -2.26. The highest BCUT2D eigenvalue weighted by Crippen LogP contribution is 2.17. The van der Waals surface area contributed by atoms with Crippen LogP contribution in [0.3, 0.4) is 0 Å². The average Bonchev–Trinajstić information content (AvgIpc) is 3.26. The SMILES string of the molecule is C[C@H](NC(=O)CCc1cscn1)c1cccc(-n2cccn2)c1. The van der Waals surface area contributed by atoms with E-state index in [1.54, 1.807) is 27.7 Å². The molecule has 2 aromatic heterocycles. The topological polar surface area (TPSA) is 59.8 Å². The highest BCUT2D eigenvalue weighted by Gasteiger charge is 2.11. The molecule has 3 aromatic rings. The molecular formula is C17H18N4OS. The van der Waals surface area contributed by atoms with E-state index >= 15 is 0 Å². The molecule has 1 aromatic carbocycles. The van der Waals surface area contributed by atoms with Gasteiger partial charge in [0.15, 0.2) is 0 Å². The van der Waals surface area contributed by atoms with Gasteiger partial charge in [-0.25, -0.2) is 9.67 Å². The molecule has 0 unspecified atom stereocenters. The van der Waals surface area contributed by atoms with Crippen molar-refractivity contribution in [2.45, 2.75) is 25.8 Å². The molecule has 0 saturated heterocycles. The van der Waals surface area contributed by atoms with Gasteiger partial charge in [-0.15, -0.1) is 11.3 Å². The number of aromatic nitrogens is 3. The van der Waals surface area contributed by atoms with E-state index in [1.807, 2.05) is 48.8 Å². The molecule has 0 fully saturated rings. The van der Waals surface area contributed by atoms with Gasteiger partial charge in [0, 0.05) is 24.2 Å². The zero-order valence-electron chi connectivity index (χ0n) is 12.8. The average molecular weight is 326 g/mol. The van der Waals surface area contributed by atoms with E-state index in [0.717, 1.165) is 16.9 Å². The van der Waals surface area contributed by atoms with E-state index in [1.165, 1.54) is 0 Å². The second-order valence-corrected chi connectivity index (χ2v) is 6.03. The summed E-state index contributed by atoms with van der Waals surface area (Å²) in [6.45, 7) is 1.99. The minimum atomic E-state index is -0.0477. The van der Waals surface area contributed by atoms with Crippen LogP contribution in [0.15, 0.2) is 53.6 Å². The molecule has 0 spiro atoms. The lowest BCUT2D eigenvalue weighted by atomic mass is 10.1. The first-order valence-electron chi connectivity index (χ1n) is 7.49. The van der Waals surface area contributed by atoms with Gasteiger partial charge in [-0.3, -0.25) is 4.79 Å². The predicted molar refractivity (Wildman–Crippen MR) is 90.6 cm³/mol. The smallest absolute Gasteiger partial charge is 0.220 e. The summed E-state index contributed by atoms with van der Waals surface area (Å²) in [6.07, 6.45) is 4.77. The van der Waals surface area contributed by atoms with E-state index in [4.69, 9.17) is 0 Å². The highest BCUT2D eigenvalue weighted by atomic mass is 32.1. The summed E-state index contributed by atoms with van der Waals surface area (Å²) >= 11 is 1.55. The minimum absolute atomic E-state index is 0.0370. The molecule has 0 saturated carbocycles. The molecule has 0 aliphatic heterocycles. The number of carbonyl (C=O) groups is 1. The Kier molecular flexibility index (Phi) is 4.83. The molecule has 0 aliphatic carbocycles. The molecule has 0 aliphatic rings. The van der Waals surface area contributed by atoms with Crippen molar-refractivity contribution in [1.82, 2.24) is 20.1 Å². The van der Waals surface area contributed by atoms with Crippen molar-refractivity contribution in [3.05, 3.63) is 64.9 Å². The lowest BCUT2D eigenvalue weighted by Gasteiger charge is -2.15. The van der Waals surface area contributed by atoms with Crippen LogP contribution in [-0.4, -0.2) is 20.7 Å². The monoisotopic (exact) mass is 326 g/mol. The highest BCUT2D eigenvalue weighted by molar-refractivity contribution is 7.07. The third-order valence-corrected chi connectivity index (χ3v) is 4.24. The number of benzene rings is 1. The maximum absolute atomic E-state index is 12.1. The second kappa shape index (κ2) is 7.19. The van der Waals surface area contributed by atoms with Crippen LogP contribution in [0.4, 0.5) is 0 Å². The van der Waals surface area contributed by atoms with Crippen LogP contribution in [0, 0.1) is 0 Å². The first-order valence-corrected chi connectivity index (χ1v) is 8.43. The number of hydrogen-bond donors (Lipinski definition) is 1. The third kappa shape index (κ3) is 4.04. The van der Waals surface area contributed by atoms with E-state index in [9.17, 15) is 4.79 Å². The molecule has 1 amide bonds. The number of aryl methyl sites for hydroxylation is 1. The number of hydrogen-bond acceptors (Lipinski definition) is 4. The van der Waals surface area contributed by atoms with Crippen molar-refractivity contribution in [2.75, 3.05) is 0 Å². The van der Waals surface area contributed by atoms with Gasteiger partial charge in [-0.1, -0.05) is 12.1 Å². The van der Waals surface area contributed by atoms with Gasteiger partial charge >= 0.3 is 0 Å². The molecule has 23 heavy (non-hydrogen) atoms. The number of nitrogens with zero attached hydrogens (tertiary/aromatic N) is 3. The van der Waals surface area contributed by atoms with Crippen molar-refractivity contribution >= 4 is 17.2 Å². The number of thiazole rings is 1. The van der Waals surface area contributed by atoms with Gasteiger partial charge in [0.2, 0.25) is 5.91 Å². The first kappa shape index (κ1) is 15.4. The Labute approximate surface area is 139 Å². The standard InChI is InChI=1S/C17H18N4OS/c1-13(20-17(22)7-6-15-11-23-12-18-15)14-4-2-5-16(10-14)21-9-3-8-19-21/h2-5,8-13H,6-7H2,1H3,(H,20,22)/t13-/m0/s1. The summed E-state index contributed by atoms with van der Waals surface area (Å²) in [5, 5.41) is 9.24. The van der Waals surface area contributed by atoms with Gasteiger partial charge in [-0.05, 0) is 37.1 Å². The molecule has 5 nitrogen and oxygen atoms in total. The second-order valence-electron chi connectivity index (χ2n) is 5.31. The Balaban J connectivity index is 1.60. The number of nitrogens with one attached hydrogen (secondary N) is 1. The maximum Gasteiger partial charge on any atom is 0.220 e. The molecular weight excluding hydrogens is 308 g/mol. The largest absolute Gasteiger partial charge is 0.350 e. The molecule has 1 atom stereocenters. The van der Waals surface area contributed by atoms with Crippen LogP contribution < -0.4 is 5.32 Å². The fourth-order valence-corrected chi connectivity index (χ4v) is 2.95. The van der Waals surface area contributed by atoms with Crippen molar-refractivity contribution < 1.29 is 4.79 Å². The van der Waals surface area contributed by atoms with E-state index < -0.39 is 0 Å². The summed E-state index contributed by atoms with van der Waals surface area (Å²) in [7, 11) is 0. The number of amides is 1. The summed E-state index contributed by atoms with van der Waals surface area (Å²) < 4.78 is 1.81. The van der Waals surface area contributed by atoms with Gasteiger partial charge in [0.05, 0.1) is 22.9 Å². The Morgan fingerprint density at radius 3 is 3.04 bits per heavy atom. The maximum atomic E-state index is 12.1. The van der Waals surface area contributed by atoms with Crippen molar-refractivity contribution in [3.63, 3.8) is 0 Å². The summed E-state index contributed by atoms with van der Waals surface area (Å²) in [5.74, 6) is 0.0370. The first-order chi connectivity index (χ1) is 11.2. The van der Waals surface area contributed by atoms with E-state index in [-0.39, 0.29) is 11.9 Å². The van der Waals surface area contributed by atoms with Gasteiger partial charge < -0.3 is 5.32 Å². The normalized spacial score (nSPS) is 12.0. The zero-order chi connectivity index (χ0) is 16.1. The predicted octanol–water partition coefficient (Wildman–Crippen LogP) is 3.14. The summed E-state index contributed by atoms with van der Waals surface area (Å²) in [6, 6.07) is 9.86. The molecule has 6 heteroatoms. The minimum Gasteiger partial charge on any atom is -0.350 e.